The Hall–Kier alpha value is -2.13. The van der Waals surface area contributed by atoms with Crippen LogP contribution in [0, 0.1) is 0 Å². The van der Waals surface area contributed by atoms with E-state index in [0.717, 1.165) is 35.7 Å². The van der Waals surface area contributed by atoms with Crippen molar-refractivity contribution in [1.29, 1.82) is 0 Å². The number of rotatable bonds is 4. The third-order valence-electron chi connectivity index (χ3n) is 4.07. The second-order valence-electron chi connectivity index (χ2n) is 5.66. The molecular weight excluding hydrogens is 308 g/mol. The van der Waals surface area contributed by atoms with Crippen molar-refractivity contribution in [3.05, 3.63) is 71.0 Å². The first-order chi connectivity index (χ1) is 11.2. The van der Waals surface area contributed by atoms with Crippen LogP contribution in [-0.4, -0.2) is 28.9 Å². The number of pyridine rings is 1. The van der Waals surface area contributed by atoms with Gasteiger partial charge in [0.1, 0.15) is 0 Å². The molecule has 1 aromatic heterocycles. The van der Waals surface area contributed by atoms with E-state index in [4.69, 9.17) is 11.6 Å². The molecule has 3 nitrogen and oxygen atoms in total. The van der Waals surface area contributed by atoms with Gasteiger partial charge in [0.25, 0.3) is 0 Å². The SMILES string of the molecule is O=C(CCc1cccc(Cl)c1)N1CC=C(c2ccccn2)CC1. The molecule has 0 radical (unpaired) electrons. The summed E-state index contributed by atoms with van der Waals surface area (Å²) >= 11 is 5.97. The van der Waals surface area contributed by atoms with E-state index in [0.29, 0.717) is 13.0 Å². The summed E-state index contributed by atoms with van der Waals surface area (Å²) in [7, 11) is 0. The topological polar surface area (TPSA) is 33.2 Å². The molecular formula is C19H19ClN2O. The van der Waals surface area contributed by atoms with Crippen LogP contribution in [-0.2, 0) is 11.2 Å². The largest absolute Gasteiger partial charge is 0.339 e. The Balaban J connectivity index is 1.55. The number of aromatic nitrogens is 1. The van der Waals surface area contributed by atoms with Crippen molar-refractivity contribution in [2.45, 2.75) is 19.3 Å². The molecule has 1 amide bonds. The quantitative estimate of drug-likeness (QED) is 0.851. The Bertz CT molecular complexity index is 712. The fourth-order valence-corrected chi connectivity index (χ4v) is 3.00. The maximum absolute atomic E-state index is 12.3. The molecule has 118 valence electrons. The second kappa shape index (κ2) is 7.42. The normalized spacial score (nSPS) is 14.5. The van der Waals surface area contributed by atoms with E-state index in [1.54, 1.807) is 6.20 Å². The maximum Gasteiger partial charge on any atom is 0.223 e. The predicted octanol–water partition coefficient (Wildman–Crippen LogP) is 3.98. The molecule has 0 unspecified atom stereocenters. The van der Waals surface area contributed by atoms with Gasteiger partial charge in [-0.3, -0.25) is 9.78 Å². The van der Waals surface area contributed by atoms with E-state index in [2.05, 4.69) is 11.1 Å². The van der Waals surface area contributed by atoms with Crippen LogP contribution < -0.4 is 0 Å². The minimum Gasteiger partial charge on any atom is -0.339 e. The first kappa shape index (κ1) is 15.8. The van der Waals surface area contributed by atoms with Crippen LogP contribution >= 0.6 is 11.6 Å². The first-order valence-electron chi connectivity index (χ1n) is 7.85. The summed E-state index contributed by atoms with van der Waals surface area (Å²) < 4.78 is 0. The number of halogens is 1. The molecule has 2 heterocycles. The zero-order valence-electron chi connectivity index (χ0n) is 12.9. The van der Waals surface area contributed by atoms with Crippen LogP contribution in [0.15, 0.2) is 54.7 Å². The number of amides is 1. The lowest BCUT2D eigenvalue weighted by Crippen LogP contribution is -2.34. The minimum absolute atomic E-state index is 0.196. The Morgan fingerprint density at radius 2 is 2.13 bits per heavy atom. The molecule has 2 aromatic rings. The Labute approximate surface area is 141 Å². The molecule has 0 bridgehead atoms. The third-order valence-corrected chi connectivity index (χ3v) is 4.31. The van der Waals surface area contributed by atoms with Crippen molar-refractivity contribution in [3.8, 4) is 0 Å². The smallest absolute Gasteiger partial charge is 0.223 e. The lowest BCUT2D eigenvalue weighted by molar-refractivity contribution is -0.130. The van der Waals surface area contributed by atoms with Crippen LogP contribution in [0.5, 0.6) is 0 Å². The molecule has 1 aliphatic rings. The molecule has 0 spiro atoms. The number of hydrogen-bond acceptors (Lipinski definition) is 2. The van der Waals surface area contributed by atoms with Crippen molar-refractivity contribution in [3.63, 3.8) is 0 Å². The molecule has 0 atom stereocenters. The van der Waals surface area contributed by atoms with Crippen LogP contribution in [0.3, 0.4) is 0 Å². The van der Waals surface area contributed by atoms with Crippen molar-refractivity contribution < 1.29 is 4.79 Å². The second-order valence-corrected chi connectivity index (χ2v) is 6.10. The van der Waals surface area contributed by atoms with E-state index < -0.39 is 0 Å². The summed E-state index contributed by atoms with van der Waals surface area (Å²) in [4.78, 5) is 18.6. The summed E-state index contributed by atoms with van der Waals surface area (Å²) in [5.41, 5.74) is 3.34. The fraction of sp³-hybridized carbons (Fsp3) is 0.263. The standard InChI is InChI=1S/C19H19ClN2O/c20-17-5-3-4-15(14-17)7-8-19(23)22-12-9-16(10-13-22)18-6-1-2-11-21-18/h1-6,9,11,14H,7-8,10,12-13H2. The van der Waals surface area contributed by atoms with Gasteiger partial charge < -0.3 is 4.90 Å². The number of aryl methyl sites for hydroxylation is 1. The van der Waals surface area contributed by atoms with Gasteiger partial charge in [-0.05, 0) is 48.2 Å². The molecule has 0 fully saturated rings. The van der Waals surface area contributed by atoms with E-state index in [1.165, 1.54) is 5.57 Å². The van der Waals surface area contributed by atoms with Crippen molar-refractivity contribution in [2.75, 3.05) is 13.1 Å². The highest BCUT2D eigenvalue weighted by molar-refractivity contribution is 6.30. The Kier molecular flexibility index (Phi) is 5.09. The van der Waals surface area contributed by atoms with Crippen molar-refractivity contribution >= 4 is 23.1 Å². The molecule has 0 aliphatic carbocycles. The van der Waals surface area contributed by atoms with Gasteiger partial charge in [0.05, 0.1) is 5.69 Å². The summed E-state index contributed by atoms with van der Waals surface area (Å²) in [5, 5.41) is 0.718. The molecule has 1 aromatic carbocycles. The average Bonchev–Trinajstić information content (AvgIpc) is 2.61. The van der Waals surface area contributed by atoms with Crippen LogP contribution in [0.1, 0.15) is 24.1 Å². The van der Waals surface area contributed by atoms with Crippen molar-refractivity contribution in [2.24, 2.45) is 0 Å². The van der Waals surface area contributed by atoms with Crippen LogP contribution in [0.2, 0.25) is 5.02 Å². The summed E-state index contributed by atoms with van der Waals surface area (Å²) in [5.74, 6) is 0.196. The lowest BCUT2D eigenvalue weighted by atomic mass is 10.0. The van der Waals surface area contributed by atoms with Crippen molar-refractivity contribution in [1.82, 2.24) is 9.88 Å². The van der Waals surface area contributed by atoms with Gasteiger partial charge in [0.15, 0.2) is 0 Å². The first-order valence-corrected chi connectivity index (χ1v) is 8.23. The third kappa shape index (κ3) is 4.20. The maximum atomic E-state index is 12.3. The van der Waals surface area contributed by atoms with Gasteiger partial charge >= 0.3 is 0 Å². The predicted molar refractivity (Wildman–Crippen MR) is 93.2 cm³/mol. The van der Waals surface area contributed by atoms with Crippen LogP contribution in [0.4, 0.5) is 0 Å². The zero-order valence-corrected chi connectivity index (χ0v) is 13.7. The number of carbonyl (C=O) groups excluding carboxylic acids is 1. The Morgan fingerprint density at radius 3 is 2.83 bits per heavy atom. The molecule has 0 saturated heterocycles. The number of benzene rings is 1. The van der Waals surface area contributed by atoms with Gasteiger partial charge in [-0.1, -0.05) is 35.9 Å². The minimum atomic E-state index is 0.196. The fourth-order valence-electron chi connectivity index (χ4n) is 2.78. The van der Waals surface area contributed by atoms with Crippen LogP contribution in [0.25, 0.3) is 5.57 Å². The Morgan fingerprint density at radius 1 is 1.22 bits per heavy atom. The van der Waals surface area contributed by atoms with E-state index in [-0.39, 0.29) is 5.91 Å². The van der Waals surface area contributed by atoms with E-state index in [9.17, 15) is 4.79 Å². The highest BCUT2D eigenvalue weighted by Gasteiger charge is 2.18. The van der Waals surface area contributed by atoms with Gasteiger partial charge in [0, 0.05) is 30.7 Å². The number of hydrogen-bond donors (Lipinski definition) is 0. The van der Waals surface area contributed by atoms with Gasteiger partial charge in [0.2, 0.25) is 5.91 Å². The molecule has 3 rings (SSSR count). The highest BCUT2D eigenvalue weighted by Crippen LogP contribution is 2.21. The number of carbonyl (C=O) groups is 1. The molecule has 0 N–H and O–H groups in total. The summed E-state index contributed by atoms with van der Waals surface area (Å²) in [6, 6.07) is 13.6. The summed E-state index contributed by atoms with van der Waals surface area (Å²) in [6.07, 6.45) is 6.03. The van der Waals surface area contributed by atoms with Gasteiger partial charge in [-0.15, -0.1) is 0 Å². The lowest BCUT2D eigenvalue weighted by Gasteiger charge is -2.26. The molecule has 1 aliphatic heterocycles. The monoisotopic (exact) mass is 326 g/mol. The van der Waals surface area contributed by atoms with Gasteiger partial charge in [-0.25, -0.2) is 0 Å². The average molecular weight is 327 g/mol. The van der Waals surface area contributed by atoms with E-state index >= 15 is 0 Å². The molecule has 0 saturated carbocycles. The zero-order chi connectivity index (χ0) is 16.1. The molecule has 23 heavy (non-hydrogen) atoms. The highest BCUT2D eigenvalue weighted by atomic mass is 35.5. The summed E-state index contributed by atoms with van der Waals surface area (Å²) in [6.45, 7) is 1.43. The molecule has 4 heteroatoms. The van der Waals surface area contributed by atoms with Gasteiger partial charge in [-0.2, -0.15) is 0 Å². The number of nitrogens with zero attached hydrogens (tertiary/aromatic N) is 2. The van der Waals surface area contributed by atoms with E-state index in [1.807, 2.05) is 47.4 Å².